The fourth-order valence-electron chi connectivity index (χ4n) is 2.12. The lowest BCUT2D eigenvalue weighted by Crippen LogP contribution is -2.43. The van der Waals surface area contributed by atoms with E-state index in [9.17, 15) is 13.2 Å². The molecule has 2 N–H and O–H groups in total. The Balaban J connectivity index is 2.30. The first-order chi connectivity index (χ1) is 7.67. The number of hydrogen-bond acceptors (Lipinski definition) is 1. The number of alkyl halides is 3. The Kier molecular flexibility index (Phi) is 2.54. The number of benzene rings is 1. The summed E-state index contributed by atoms with van der Waals surface area (Å²) < 4.78 is 37.3. The van der Waals surface area contributed by atoms with E-state index in [1.165, 1.54) is 12.1 Å². The molecule has 0 aromatic heterocycles. The molecule has 1 fully saturated rings. The minimum absolute atomic E-state index is 0.257. The highest BCUT2D eigenvalue weighted by molar-refractivity contribution is 5.35. The molecular weight excluding hydrogens is 227 g/mol. The Labute approximate surface area is 98.8 Å². The Morgan fingerprint density at radius 1 is 1.00 bits per heavy atom. The number of halogens is 3. The predicted molar refractivity (Wildman–Crippen MR) is 60.6 cm³/mol. The average molecular weight is 243 g/mol. The van der Waals surface area contributed by atoms with E-state index in [0.29, 0.717) is 0 Å². The molecule has 0 heterocycles. The predicted octanol–water partition coefficient (Wildman–Crippen LogP) is 3.47. The molecule has 94 valence electrons. The first kappa shape index (κ1) is 12.4. The van der Waals surface area contributed by atoms with Crippen LogP contribution in [0.15, 0.2) is 24.3 Å². The van der Waals surface area contributed by atoms with E-state index >= 15 is 0 Å². The summed E-state index contributed by atoms with van der Waals surface area (Å²) in [6, 6.07) is 5.33. The van der Waals surface area contributed by atoms with Gasteiger partial charge >= 0.3 is 6.18 Å². The Hall–Kier alpha value is -1.03. The van der Waals surface area contributed by atoms with Gasteiger partial charge in [0.1, 0.15) is 0 Å². The second kappa shape index (κ2) is 3.48. The molecule has 1 aromatic rings. The molecule has 1 saturated carbocycles. The second-order valence-corrected chi connectivity index (χ2v) is 5.36. The normalized spacial score (nSPS) is 19.2. The van der Waals surface area contributed by atoms with Crippen LogP contribution in [-0.2, 0) is 11.6 Å². The third-order valence-corrected chi connectivity index (χ3v) is 3.97. The van der Waals surface area contributed by atoms with Crippen LogP contribution >= 0.6 is 0 Å². The molecule has 0 aliphatic heterocycles. The minimum atomic E-state index is -4.28. The van der Waals surface area contributed by atoms with Gasteiger partial charge in [0.05, 0.1) is 5.56 Å². The summed E-state index contributed by atoms with van der Waals surface area (Å²) in [4.78, 5) is 0. The summed E-state index contributed by atoms with van der Waals surface area (Å²) in [6.45, 7) is 3.98. The van der Waals surface area contributed by atoms with Crippen LogP contribution in [0.3, 0.4) is 0 Å². The summed E-state index contributed by atoms with van der Waals surface area (Å²) in [6.07, 6.45) is -2.41. The number of rotatable bonds is 2. The topological polar surface area (TPSA) is 26.0 Å². The highest BCUT2D eigenvalue weighted by Crippen LogP contribution is 2.49. The Morgan fingerprint density at radius 2 is 1.41 bits per heavy atom. The monoisotopic (exact) mass is 243 g/mol. The van der Waals surface area contributed by atoms with Gasteiger partial charge < -0.3 is 5.73 Å². The zero-order valence-electron chi connectivity index (χ0n) is 9.93. The van der Waals surface area contributed by atoms with Gasteiger partial charge in [-0.25, -0.2) is 0 Å². The SMILES string of the molecule is CC(C)(c1ccc(C(F)(F)F)cc1)C1(N)CC1. The van der Waals surface area contributed by atoms with E-state index in [0.717, 1.165) is 30.5 Å². The molecule has 0 unspecified atom stereocenters. The molecule has 1 nitrogen and oxygen atoms in total. The van der Waals surface area contributed by atoms with Crippen LogP contribution in [0, 0.1) is 0 Å². The number of nitrogens with two attached hydrogens (primary N) is 1. The highest BCUT2D eigenvalue weighted by atomic mass is 19.4. The largest absolute Gasteiger partial charge is 0.416 e. The zero-order valence-corrected chi connectivity index (χ0v) is 9.93. The van der Waals surface area contributed by atoms with Gasteiger partial charge in [-0.05, 0) is 30.5 Å². The molecule has 4 heteroatoms. The molecule has 0 atom stereocenters. The fourth-order valence-corrected chi connectivity index (χ4v) is 2.12. The first-order valence-corrected chi connectivity index (χ1v) is 5.63. The fraction of sp³-hybridized carbons (Fsp3) is 0.538. The Morgan fingerprint density at radius 3 is 1.76 bits per heavy atom. The van der Waals surface area contributed by atoms with E-state index in [1.54, 1.807) is 0 Å². The van der Waals surface area contributed by atoms with Crippen molar-refractivity contribution < 1.29 is 13.2 Å². The molecule has 0 bridgehead atoms. The lowest BCUT2D eigenvalue weighted by molar-refractivity contribution is -0.137. The van der Waals surface area contributed by atoms with Crippen molar-refractivity contribution in [1.82, 2.24) is 0 Å². The zero-order chi connectivity index (χ0) is 12.9. The van der Waals surface area contributed by atoms with Crippen LogP contribution in [0.25, 0.3) is 0 Å². The van der Waals surface area contributed by atoms with Gasteiger partial charge in [-0.15, -0.1) is 0 Å². The molecule has 0 radical (unpaired) electrons. The number of hydrogen-bond donors (Lipinski definition) is 1. The van der Waals surface area contributed by atoms with Gasteiger partial charge in [-0.3, -0.25) is 0 Å². The molecule has 2 rings (SSSR count). The van der Waals surface area contributed by atoms with E-state index < -0.39 is 11.7 Å². The molecule has 0 saturated heterocycles. The molecule has 0 spiro atoms. The molecule has 1 aromatic carbocycles. The molecule has 1 aliphatic carbocycles. The summed E-state index contributed by atoms with van der Waals surface area (Å²) in [7, 11) is 0. The van der Waals surface area contributed by atoms with E-state index in [-0.39, 0.29) is 11.0 Å². The van der Waals surface area contributed by atoms with Crippen LogP contribution in [0.4, 0.5) is 13.2 Å². The third-order valence-electron chi connectivity index (χ3n) is 3.97. The quantitative estimate of drug-likeness (QED) is 0.845. The minimum Gasteiger partial charge on any atom is -0.324 e. The van der Waals surface area contributed by atoms with Gasteiger partial charge in [0.2, 0.25) is 0 Å². The van der Waals surface area contributed by atoms with Crippen LogP contribution in [0.1, 0.15) is 37.8 Å². The Bertz CT molecular complexity index is 413. The van der Waals surface area contributed by atoms with Gasteiger partial charge in [-0.1, -0.05) is 26.0 Å². The second-order valence-electron chi connectivity index (χ2n) is 5.36. The van der Waals surface area contributed by atoms with E-state index in [1.807, 2.05) is 13.8 Å². The van der Waals surface area contributed by atoms with Crippen molar-refractivity contribution in [2.75, 3.05) is 0 Å². The van der Waals surface area contributed by atoms with Crippen LogP contribution < -0.4 is 5.73 Å². The molecule has 17 heavy (non-hydrogen) atoms. The highest BCUT2D eigenvalue weighted by Gasteiger charge is 2.51. The summed E-state index contributed by atoms with van der Waals surface area (Å²) in [5, 5.41) is 0. The molecule has 1 aliphatic rings. The van der Waals surface area contributed by atoms with Crippen molar-refractivity contribution in [3.63, 3.8) is 0 Å². The van der Waals surface area contributed by atoms with Crippen LogP contribution in [-0.4, -0.2) is 5.54 Å². The van der Waals surface area contributed by atoms with Crippen LogP contribution in [0.5, 0.6) is 0 Å². The molecular formula is C13H16F3N. The van der Waals surface area contributed by atoms with E-state index in [4.69, 9.17) is 5.73 Å². The lowest BCUT2D eigenvalue weighted by Gasteiger charge is -2.32. The van der Waals surface area contributed by atoms with Crippen molar-refractivity contribution in [1.29, 1.82) is 0 Å². The van der Waals surface area contributed by atoms with Gasteiger partial charge in [0.15, 0.2) is 0 Å². The van der Waals surface area contributed by atoms with Gasteiger partial charge in [0.25, 0.3) is 0 Å². The summed E-state index contributed by atoms with van der Waals surface area (Å²) in [5.41, 5.74) is 5.87. The maximum absolute atomic E-state index is 12.4. The van der Waals surface area contributed by atoms with Crippen molar-refractivity contribution in [3.8, 4) is 0 Å². The third kappa shape index (κ3) is 2.06. The van der Waals surface area contributed by atoms with E-state index in [2.05, 4.69) is 0 Å². The smallest absolute Gasteiger partial charge is 0.324 e. The first-order valence-electron chi connectivity index (χ1n) is 5.63. The lowest BCUT2D eigenvalue weighted by atomic mass is 9.76. The summed E-state index contributed by atoms with van der Waals surface area (Å²) >= 11 is 0. The maximum Gasteiger partial charge on any atom is 0.416 e. The van der Waals surface area contributed by atoms with Gasteiger partial charge in [0, 0.05) is 11.0 Å². The summed E-state index contributed by atoms with van der Waals surface area (Å²) in [5.74, 6) is 0. The van der Waals surface area contributed by atoms with Crippen molar-refractivity contribution in [3.05, 3.63) is 35.4 Å². The molecule has 0 amide bonds. The van der Waals surface area contributed by atoms with Crippen LogP contribution in [0.2, 0.25) is 0 Å². The standard InChI is InChI=1S/C13H16F3N/c1-11(2,12(17)7-8-12)9-3-5-10(6-4-9)13(14,15)16/h3-6H,7-8,17H2,1-2H3. The van der Waals surface area contributed by atoms with Crippen molar-refractivity contribution in [2.24, 2.45) is 5.73 Å². The average Bonchev–Trinajstić information content (AvgIpc) is 2.97. The van der Waals surface area contributed by atoms with Crippen molar-refractivity contribution in [2.45, 2.75) is 43.8 Å². The van der Waals surface area contributed by atoms with Gasteiger partial charge in [-0.2, -0.15) is 13.2 Å². The van der Waals surface area contributed by atoms with Crippen molar-refractivity contribution >= 4 is 0 Å². The maximum atomic E-state index is 12.4.